The number of nitrogens with one attached hydrogen (secondary N) is 1. The molecule has 190 valence electrons. The van der Waals surface area contributed by atoms with Gasteiger partial charge in [-0.2, -0.15) is 0 Å². The molecule has 6 nitrogen and oxygen atoms in total. The maximum atomic E-state index is 13.6. The zero-order chi connectivity index (χ0) is 26.4. The average molecular weight is 492 g/mol. The van der Waals surface area contributed by atoms with Crippen molar-refractivity contribution in [3.63, 3.8) is 0 Å². The van der Waals surface area contributed by atoms with E-state index in [4.69, 9.17) is 4.74 Å². The van der Waals surface area contributed by atoms with Crippen molar-refractivity contribution in [2.75, 3.05) is 31.4 Å². The second kappa shape index (κ2) is 11.7. The normalized spacial score (nSPS) is 11.7. The van der Waals surface area contributed by atoms with Crippen LogP contribution < -0.4 is 15.0 Å². The quantitative estimate of drug-likeness (QED) is 0.409. The van der Waals surface area contributed by atoms with Crippen molar-refractivity contribution < 1.29 is 18.7 Å². The molecule has 0 aliphatic heterocycles. The van der Waals surface area contributed by atoms with E-state index in [1.54, 1.807) is 43.5 Å². The summed E-state index contributed by atoms with van der Waals surface area (Å²) in [6.07, 6.45) is 0. The highest BCUT2D eigenvalue weighted by Crippen LogP contribution is 2.28. The third kappa shape index (κ3) is 6.42. The number of anilines is 2. The number of rotatable bonds is 9. The van der Waals surface area contributed by atoms with E-state index in [-0.39, 0.29) is 23.4 Å². The summed E-state index contributed by atoms with van der Waals surface area (Å²) in [6.45, 7) is 6.56. The summed E-state index contributed by atoms with van der Waals surface area (Å²) in [7, 11) is 5.46. The van der Waals surface area contributed by atoms with Crippen molar-refractivity contribution in [1.82, 2.24) is 4.90 Å². The Morgan fingerprint density at radius 1 is 0.944 bits per heavy atom. The number of ether oxygens (including phenoxy) is 1. The SMILES string of the molecule is COc1ccc(C(=O)N(Cc2cc(NC(=O)c3cccc(F)c3)ccc2N(C)C)[C@@H](C)C(C)C)cc1. The Bertz CT molecular complexity index is 1210. The van der Waals surface area contributed by atoms with Gasteiger partial charge < -0.3 is 19.9 Å². The zero-order valence-corrected chi connectivity index (χ0v) is 21.7. The number of amides is 2. The van der Waals surface area contributed by atoms with Gasteiger partial charge in [0.1, 0.15) is 11.6 Å². The molecule has 3 aromatic rings. The molecule has 0 aliphatic carbocycles. The van der Waals surface area contributed by atoms with Crippen LogP contribution >= 0.6 is 0 Å². The highest BCUT2D eigenvalue weighted by atomic mass is 19.1. The number of methoxy groups -OCH3 is 1. The van der Waals surface area contributed by atoms with Crippen LogP contribution in [0.4, 0.5) is 15.8 Å². The minimum absolute atomic E-state index is 0.0415. The molecule has 0 aromatic heterocycles. The predicted octanol–water partition coefficient (Wildman–Crippen LogP) is 5.84. The number of carbonyl (C=O) groups is 2. The Hall–Kier alpha value is -3.87. The van der Waals surface area contributed by atoms with Crippen LogP contribution in [0.2, 0.25) is 0 Å². The topological polar surface area (TPSA) is 61.9 Å². The van der Waals surface area contributed by atoms with Crippen LogP contribution in [-0.2, 0) is 6.54 Å². The molecule has 0 heterocycles. The van der Waals surface area contributed by atoms with Gasteiger partial charge in [-0.25, -0.2) is 4.39 Å². The molecule has 0 fully saturated rings. The van der Waals surface area contributed by atoms with Crippen LogP contribution in [0.1, 0.15) is 47.1 Å². The van der Waals surface area contributed by atoms with Crippen molar-refractivity contribution in [2.45, 2.75) is 33.4 Å². The molecule has 0 radical (unpaired) electrons. The first-order chi connectivity index (χ1) is 17.1. The number of benzene rings is 3. The summed E-state index contributed by atoms with van der Waals surface area (Å²) >= 11 is 0. The summed E-state index contributed by atoms with van der Waals surface area (Å²) in [5.41, 5.74) is 3.19. The summed E-state index contributed by atoms with van der Waals surface area (Å²) in [5, 5.41) is 2.85. The van der Waals surface area contributed by atoms with Gasteiger partial charge in [0.2, 0.25) is 0 Å². The van der Waals surface area contributed by atoms with Gasteiger partial charge in [0.05, 0.1) is 7.11 Å². The molecular weight excluding hydrogens is 457 g/mol. The Balaban J connectivity index is 1.94. The second-order valence-corrected chi connectivity index (χ2v) is 9.35. The fraction of sp³-hybridized carbons (Fsp3) is 0.310. The Kier molecular flexibility index (Phi) is 8.69. The smallest absolute Gasteiger partial charge is 0.255 e. The Morgan fingerprint density at radius 2 is 1.64 bits per heavy atom. The van der Waals surface area contributed by atoms with Gasteiger partial charge in [-0.15, -0.1) is 0 Å². The summed E-state index contributed by atoms with van der Waals surface area (Å²) in [4.78, 5) is 30.2. The van der Waals surface area contributed by atoms with Gasteiger partial charge in [-0.3, -0.25) is 9.59 Å². The fourth-order valence-electron chi connectivity index (χ4n) is 3.90. The highest BCUT2D eigenvalue weighted by molar-refractivity contribution is 6.04. The van der Waals surface area contributed by atoms with Crippen LogP contribution in [0.15, 0.2) is 66.7 Å². The number of halogens is 1. The van der Waals surface area contributed by atoms with E-state index in [1.807, 2.05) is 43.0 Å². The predicted molar refractivity (Wildman–Crippen MR) is 142 cm³/mol. The number of hydrogen-bond donors (Lipinski definition) is 1. The number of nitrogens with zero attached hydrogens (tertiary/aromatic N) is 2. The fourth-order valence-corrected chi connectivity index (χ4v) is 3.90. The van der Waals surface area contributed by atoms with Crippen LogP contribution in [0.3, 0.4) is 0 Å². The molecular formula is C29H34FN3O3. The van der Waals surface area contributed by atoms with E-state index in [9.17, 15) is 14.0 Å². The molecule has 3 rings (SSSR count). The minimum Gasteiger partial charge on any atom is -0.497 e. The third-order valence-corrected chi connectivity index (χ3v) is 6.30. The average Bonchev–Trinajstić information content (AvgIpc) is 2.86. The van der Waals surface area contributed by atoms with Crippen molar-refractivity contribution in [1.29, 1.82) is 0 Å². The molecule has 1 atom stereocenters. The second-order valence-electron chi connectivity index (χ2n) is 9.35. The lowest BCUT2D eigenvalue weighted by molar-refractivity contribution is 0.0628. The summed E-state index contributed by atoms with van der Waals surface area (Å²) in [5.74, 6) is -0.0447. The number of carbonyl (C=O) groups excluding carboxylic acids is 2. The standard InChI is InChI=1S/C29H34FN3O3/c1-19(2)20(3)33(29(35)21-10-13-26(36-6)14-11-21)18-23-17-25(12-15-27(23)32(4)5)31-28(34)22-8-7-9-24(30)16-22/h7-17,19-20H,18H2,1-6H3,(H,31,34)/t20-/m0/s1. The molecule has 0 aliphatic rings. The van der Waals surface area contributed by atoms with Crippen molar-refractivity contribution >= 4 is 23.2 Å². The first kappa shape index (κ1) is 26.7. The van der Waals surface area contributed by atoms with Gasteiger partial charge in [0.15, 0.2) is 0 Å². The zero-order valence-electron chi connectivity index (χ0n) is 21.7. The molecule has 0 unspecified atom stereocenters. The van der Waals surface area contributed by atoms with Gasteiger partial charge in [-0.1, -0.05) is 19.9 Å². The van der Waals surface area contributed by atoms with E-state index in [1.165, 1.54) is 18.2 Å². The van der Waals surface area contributed by atoms with E-state index in [2.05, 4.69) is 19.2 Å². The van der Waals surface area contributed by atoms with E-state index in [0.717, 1.165) is 11.3 Å². The lowest BCUT2D eigenvalue weighted by Crippen LogP contribution is -2.41. The summed E-state index contributed by atoms with van der Waals surface area (Å²) < 4.78 is 18.8. The van der Waals surface area contributed by atoms with Crippen molar-refractivity contribution in [3.8, 4) is 5.75 Å². The lowest BCUT2D eigenvalue weighted by Gasteiger charge is -2.33. The molecule has 2 amide bonds. The van der Waals surface area contributed by atoms with Crippen molar-refractivity contribution in [3.05, 3.63) is 89.2 Å². The molecule has 0 bridgehead atoms. The third-order valence-electron chi connectivity index (χ3n) is 6.30. The van der Waals surface area contributed by atoms with Crippen molar-refractivity contribution in [2.24, 2.45) is 5.92 Å². The largest absolute Gasteiger partial charge is 0.497 e. The minimum atomic E-state index is -0.471. The van der Waals surface area contributed by atoms with E-state index in [0.29, 0.717) is 23.5 Å². The van der Waals surface area contributed by atoms with Gasteiger partial charge in [0, 0.05) is 49.2 Å². The molecule has 0 saturated heterocycles. The van der Waals surface area contributed by atoms with Gasteiger partial charge in [-0.05, 0) is 79.1 Å². The maximum absolute atomic E-state index is 13.6. The van der Waals surface area contributed by atoms with Gasteiger partial charge >= 0.3 is 0 Å². The van der Waals surface area contributed by atoms with Crippen LogP contribution in [0.25, 0.3) is 0 Å². The molecule has 3 aromatic carbocycles. The van der Waals surface area contributed by atoms with Gasteiger partial charge in [0.25, 0.3) is 11.8 Å². The Labute approximate surface area is 212 Å². The molecule has 36 heavy (non-hydrogen) atoms. The monoisotopic (exact) mass is 491 g/mol. The van der Waals surface area contributed by atoms with Crippen LogP contribution in [0.5, 0.6) is 5.75 Å². The van der Waals surface area contributed by atoms with Crippen LogP contribution in [0, 0.1) is 11.7 Å². The molecule has 0 saturated carbocycles. The lowest BCUT2D eigenvalue weighted by atomic mass is 10.0. The highest BCUT2D eigenvalue weighted by Gasteiger charge is 2.25. The van der Waals surface area contributed by atoms with Crippen LogP contribution in [-0.4, -0.2) is 44.0 Å². The van der Waals surface area contributed by atoms with E-state index < -0.39 is 11.7 Å². The first-order valence-electron chi connectivity index (χ1n) is 11.9. The molecule has 1 N–H and O–H groups in total. The molecule has 7 heteroatoms. The molecule has 0 spiro atoms. The van der Waals surface area contributed by atoms with E-state index >= 15 is 0 Å². The first-order valence-corrected chi connectivity index (χ1v) is 11.9. The summed E-state index contributed by atoms with van der Waals surface area (Å²) in [6, 6.07) is 18.2. The maximum Gasteiger partial charge on any atom is 0.255 e. The number of hydrogen-bond acceptors (Lipinski definition) is 4. The Morgan fingerprint density at radius 3 is 2.22 bits per heavy atom.